The van der Waals surface area contributed by atoms with Crippen molar-refractivity contribution in [3.63, 3.8) is 0 Å². The van der Waals surface area contributed by atoms with Crippen LogP contribution in [0.25, 0.3) is 0 Å². The molecular weight excluding hydrogens is 334 g/mol. The van der Waals surface area contributed by atoms with Gasteiger partial charge in [-0.05, 0) is 52.9 Å². The second-order valence-corrected chi connectivity index (χ2v) is 5.90. The summed E-state index contributed by atoms with van der Waals surface area (Å²) in [6, 6.07) is 5.59. The third-order valence-electron chi connectivity index (χ3n) is 2.95. The summed E-state index contributed by atoms with van der Waals surface area (Å²) in [6.45, 7) is 0.807. The first-order valence-corrected chi connectivity index (χ1v) is 6.98. The summed E-state index contributed by atoms with van der Waals surface area (Å²) >= 11 is 6.76. The van der Waals surface area contributed by atoms with E-state index < -0.39 is 0 Å². The average molecular weight is 347 g/mol. The Labute approximate surface area is 112 Å². The van der Waals surface area contributed by atoms with Crippen molar-refractivity contribution in [1.82, 2.24) is 5.32 Å². The molecule has 0 radical (unpaired) electrons. The number of nitrogens with one attached hydrogen (secondary N) is 1. The Balaban J connectivity index is 1.96. The van der Waals surface area contributed by atoms with Crippen LogP contribution in [0.4, 0.5) is 0 Å². The Morgan fingerprint density at radius 2 is 2.12 bits per heavy atom. The molecule has 1 aliphatic rings. The van der Waals surface area contributed by atoms with Crippen molar-refractivity contribution in [3.05, 3.63) is 32.7 Å². The topological polar surface area (TPSA) is 29.1 Å². The minimum absolute atomic E-state index is 0.00581. The van der Waals surface area contributed by atoms with Crippen LogP contribution < -0.4 is 5.32 Å². The third-order valence-corrected chi connectivity index (χ3v) is 4.10. The average Bonchev–Trinajstić information content (AvgIpc) is 2.14. The van der Waals surface area contributed by atoms with Gasteiger partial charge < -0.3 is 5.32 Å². The molecule has 16 heavy (non-hydrogen) atoms. The molecule has 1 amide bonds. The Morgan fingerprint density at radius 3 is 2.69 bits per heavy atom. The normalized spacial score (nSPS) is 15.6. The van der Waals surface area contributed by atoms with Gasteiger partial charge in [0.1, 0.15) is 0 Å². The lowest BCUT2D eigenvalue weighted by Crippen LogP contribution is -2.32. The smallest absolute Gasteiger partial charge is 0.252 e. The Morgan fingerprint density at radius 1 is 1.38 bits per heavy atom. The molecule has 1 aromatic rings. The summed E-state index contributed by atoms with van der Waals surface area (Å²) < 4.78 is 1.79. The Hall–Kier alpha value is -0.350. The summed E-state index contributed by atoms with van der Waals surface area (Å²) in [6.07, 6.45) is 3.81. The molecule has 0 heterocycles. The molecule has 1 aliphatic carbocycles. The van der Waals surface area contributed by atoms with Crippen molar-refractivity contribution < 1.29 is 4.79 Å². The number of hydrogen-bond acceptors (Lipinski definition) is 1. The van der Waals surface area contributed by atoms with Gasteiger partial charge in [0.15, 0.2) is 0 Å². The van der Waals surface area contributed by atoms with Crippen LogP contribution in [0, 0.1) is 5.92 Å². The molecule has 1 N–H and O–H groups in total. The Kier molecular flexibility index (Phi) is 4.03. The number of benzene rings is 1. The number of rotatable bonds is 3. The van der Waals surface area contributed by atoms with Crippen molar-refractivity contribution in [2.75, 3.05) is 6.54 Å². The van der Waals surface area contributed by atoms with Crippen LogP contribution in [0.3, 0.4) is 0 Å². The number of amides is 1. The molecule has 1 aromatic carbocycles. The quantitative estimate of drug-likeness (QED) is 0.887. The highest BCUT2D eigenvalue weighted by molar-refractivity contribution is 9.11. The highest BCUT2D eigenvalue weighted by atomic mass is 79.9. The molecular formula is C12H13Br2NO. The molecule has 0 unspecified atom stereocenters. The van der Waals surface area contributed by atoms with Crippen LogP contribution in [0.5, 0.6) is 0 Å². The van der Waals surface area contributed by atoms with Crippen LogP contribution in [0.15, 0.2) is 27.1 Å². The molecule has 0 spiro atoms. The lowest BCUT2D eigenvalue weighted by molar-refractivity contribution is 0.0938. The lowest BCUT2D eigenvalue weighted by atomic mass is 9.85. The van der Waals surface area contributed by atoms with Crippen LogP contribution in [-0.2, 0) is 0 Å². The first-order valence-electron chi connectivity index (χ1n) is 5.40. The third kappa shape index (κ3) is 2.86. The van der Waals surface area contributed by atoms with Gasteiger partial charge in [0, 0.05) is 15.5 Å². The van der Waals surface area contributed by atoms with Gasteiger partial charge in [0.2, 0.25) is 0 Å². The molecule has 0 aromatic heterocycles. The number of carbonyl (C=O) groups is 1. The molecule has 4 heteroatoms. The van der Waals surface area contributed by atoms with Crippen molar-refractivity contribution >= 4 is 37.8 Å². The maximum Gasteiger partial charge on any atom is 0.252 e. The predicted molar refractivity (Wildman–Crippen MR) is 71.5 cm³/mol. The zero-order valence-corrected chi connectivity index (χ0v) is 12.0. The van der Waals surface area contributed by atoms with Gasteiger partial charge in [-0.3, -0.25) is 4.79 Å². The van der Waals surface area contributed by atoms with E-state index in [0.29, 0.717) is 11.5 Å². The molecule has 2 nitrogen and oxygen atoms in total. The van der Waals surface area contributed by atoms with E-state index in [1.54, 1.807) is 0 Å². The minimum Gasteiger partial charge on any atom is -0.352 e. The first kappa shape index (κ1) is 12.1. The maximum absolute atomic E-state index is 11.9. The molecule has 1 saturated carbocycles. The van der Waals surface area contributed by atoms with E-state index in [2.05, 4.69) is 37.2 Å². The first-order chi connectivity index (χ1) is 7.66. The predicted octanol–water partition coefficient (Wildman–Crippen LogP) is 3.74. The van der Waals surface area contributed by atoms with E-state index in [9.17, 15) is 4.79 Å². The van der Waals surface area contributed by atoms with Crippen LogP contribution in [0.2, 0.25) is 0 Å². The van der Waals surface area contributed by atoms with E-state index in [0.717, 1.165) is 15.5 Å². The summed E-state index contributed by atoms with van der Waals surface area (Å²) in [4.78, 5) is 11.9. The molecule has 0 saturated heterocycles. The minimum atomic E-state index is 0.00581. The summed E-state index contributed by atoms with van der Waals surface area (Å²) in [5.74, 6) is 0.699. The number of carbonyl (C=O) groups excluding carboxylic acids is 1. The van der Waals surface area contributed by atoms with E-state index in [4.69, 9.17) is 0 Å². The summed E-state index contributed by atoms with van der Waals surface area (Å²) in [7, 11) is 0. The molecule has 0 bridgehead atoms. The second kappa shape index (κ2) is 5.32. The molecule has 86 valence electrons. The monoisotopic (exact) mass is 345 g/mol. The van der Waals surface area contributed by atoms with Gasteiger partial charge in [-0.2, -0.15) is 0 Å². The van der Waals surface area contributed by atoms with E-state index in [1.165, 1.54) is 19.3 Å². The van der Waals surface area contributed by atoms with Crippen molar-refractivity contribution in [2.24, 2.45) is 5.92 Å². The zero-order valence-electron chi connectivity index (χ0n) is 8.80. The fraction of sp³-hybridized carbons (Fsp3) is 0.417. The lowest BCUT2D eigenvalue weighted by Gasteiger charge is -2.25. The second-order valence-electron chi connectivity index (χ2n) is 4.13. The molecule has 2 rings (SSSR count). The SMILES string of the molecule is O=C(NCC1CCC1)c1ccc(Br)cc1Br. The zero-order chi connectivity index (χ0) is 11.5. The van der Waals surface area contributed by atoms with Crippen LogP contribution in [0.1, 0.15) is 29.6 Å². The number of hydrogen-bond donors (Lipinski definition) is 1. The van der Waals surface area contributed by atoms with E-state index in [-0.39, 0.29) is 5.91 Å². The molecule has 1 fully saturated rings. The fourth-order valence-electron chi connectivity index (χ4n) is 1.70. The fourth-order valence-corrected chi connectivity index (χ4v) is 2.93. The maximum atomic E-state index is 11.9. The standard InChI is InChI=1S/C12H13Br2NO/c13-9-4-5-10(11(14)6-9)12(16)15-7-8-2-1-3-8/h4-6,8H,1-3,7H2,(H,15,16). The van der Waals surface area contributed by atoms with E-state index in [1.807, 2.05) is 18.2 Å². The van der Waals surface area contributed by atoms with Crippen LogP contribution in [-0.4, -0.2) is 12.5 Å². The molecule has 0 atom stereocenters. The van der Waals surface area contributed by atoms with Gasteiger partial charge >= 0.3 is 0 Å². The highest BCUT2D eigenvalue weighted by Crippen LogP contribution is 2.26. The van der Waals surface area contributed by atoms with Crippen LogP contribution >= 0.6 is 31.9 Å². The van der Waals surface area contributed by atoms with Gasteiger partial charge in [-0.25, -0.2) is 0 Å². The summed E-state index contributed by atoms with van der Waals surface area (Å²) in [5, 5.41) is 2.98. The molecule has 0 aliphatic heterocycles. The van der Waals surface area contributed by atoms with Crippen molar-refractivity contribution in [1.29, 1.82) is 0 Å². The van der Waals surface area contributed by atoms with Crippen molar-refractivity contribution in [2.45, 2.75) is 19.3 Å². The largest absolute Gasteiger partial charge is 0.352 e. The van der Waals surface area contributed by atoms with Gasteiger partial charge in [-0.1, -0.05) is 22.4 Å². The van der Waals surface area contributed by atoms with Gasteiger partial charge in [-0.15, -0.1) is 0 Å². The van der Waals surface area contributed by atoms with E-state index >= 15 is 0 Å². The van der Waals surface area contributed by atoms with Crippen molar-refractivity contribution in [3.8, 4) is 0 Å². The Bertz CT molecular complexity index is 402. The van der Waals surface area contributed by atoms with Gasteiger partial charge in [0.25, 0.3) is 5.91 Å². The van der Waals surface area contributed by atoms with Gasteiger partial charge in [0.05, 0.1) is 5.56 Å². The number of halogens is 2. The summed E-state index contributed by atoms with van der Waals surface area (Å²) in [5.41, 5.74) is 0.697. The highest BCUT2D eigenvalue weighted by Gasteiger charge is 2.18.